The first-order valence-corrected chi connectivity index (χ1v) is 6.39. The van der Waals surface area contributed by atoms with Gasteiger partial charge < -0.3 is 14.6 Å². The summed E-state index contributed by atoms with van der Waals surface area (Å²) in [4.78, 5) is 22.9. The highest BCUT2D eigenvalue weighted by Gasteiger charge is 2.19. The Morgan fingerprint density at radius 3 is 2.38 bits per heavy atom. The highest BCUT2D eigenvalue weighted by Crippen LogP contribution is 2.34. The van der Waals surface area contributed by atoms with Crippen molar-refractivity contribution in [3.05, 3.63) is 54.1 Å². The molecule has 0 aliphatic rings. The molecule has 0 amide bonds. The average molecular weight is 286 g/mol. The van der Waals surface area contributed by atoms with E-state index in [2.05, 4.69) is 0 Å². The number of carbonyl (C=O) groups excluding carboxylic acids is 1. The van der Waals surface area contributed by atoms with Gasteiger partial charge in [-0.3, -0.25) is 0 Å². The lowest BCUT2D eigenvalue weighted by atomic mass is 9.98. The van der Waals surface area contributed by atoms with Gasteiger partial charge in [0.25, 0.3) is 0 Å². The molecule has 2 aromatic rings. The number of hydrogen-bond donors (Lipinski definition) is 1. The molecule has 5 nitrogen and oxygen atoms in total. The van der Waals surface area contributed by atoms with Gasteiger partial charge in [0.05, 0.1) is 12.2 Å². The van der Waals surface area contributed by atoms with E-state index in [1.54, 1.807) is 43.3 Å². The van der Waals surface area contributed by atoms with Gasteiger partial charge in [0.15, 0.2) is 0 Å². The third-order valence-electron chi connectivity index (χ3n) is 2.78. The predicted octanol–water partition coefficient (Wildman–Crippen LogP) is 3.59. The second kappa shape index (κ2) is 6.56. The number of rotatable bonds is 4. The minimum absolute atomic E-state index is 0.0965. The van der Waals surface area contributed by atoms with E-state index in [0.29, 0.717) is 11.1 Å². The number of hydrogen-bond acceptors (Lipinski definition) is 4. The van der Waals surface area contributed by atoms with Gasteiger partial charge in [-0.2, -0.15) is 0 Å². The van der Waals surface area contributed by atoms with Crippen molar-refractivity contribution >= 4 is 12.1 Å². The van der Waals surface area contributed by atoms with Crippen molar-refractivity contribution in [2.24, 2.45) is 0 Å². The molecule has 1 N–H and O–H groups in total. The highest BCUT2D eigenvalue weighted by molar-refractivity contribution is 5.99. The van der Waals surface area contributed by atoms with Gasteiger partial charge in [-0.05, 0) is 24.6 Å². The zero-order valence-corrected chi connectivity index (χ0v) is 11.4. The second-order valence-electron chi connectivity index (χ2n) is 4.13. The molecule has 2 aromatic carbocycles. The van der Waals surface area contributed by atoms with Crippen molar-refractivity contribution < 1.29 is 24.2 Å². The fourth-order valence-electron chi connectivity index (χ4n) is 1.99. The van der Waals surface area contributed by atoms with Crippen molar-refractivity contribution in [2.75, 3.05) is 6.61 Å². The van der Waals surface area contributed by atoms with E-state index >= 15 is 0 Å². The van der Waals surface area contributed by atoms with Crippen LogP contribution in [0.1, 0.15) is 17.3 Å². The highest BCUT2D eigenvalue weighted by atomic mass is 16.7. The van der Waals surface area contributed by atoms with Crippen LogP contribution in [-0.2, 0) is 4.74 Å². The van der Waals surface area contributed by atoms with Gasteiger partial charge in [0, 0.05) is 5.56 Å². The standard InChI is InChI=1S/C16H14O5/c1-2-20-15(17)12-9-6-10-13(21-16(18)19)14(12)11-7-4-3-5-8-11/h3-10H,2H2,1H3,(H,18,19). The van der Waals surface area contributed by atoms with Crippen LogP contribution in [0.4, 0.5) is 4.79 Å². The summed E-state index contributed by atoms with van der Waals surface area (Å²) in [6, 6.07) is 13.6. The Bertz CT molecular complexity index is 649. The van der Waals surface area contributed by atoms with Gasteiger partial charge in [-0.1, -0.05) is 36.4 Å². The van der Waals surface area contributed by atoms with E-state index in [1.807, 2.05) is 6.07 Å². The van der Waals surface area contributed by atoms with Crippen LogP contribution in [0.25, 0.3) is 11.1 Å². The van der Waals surface area contributed by atoms with Crippen LogP contribution in [0.3, 0.4) is 0 Å². The van der Waals surface area contributed by atoms with Gasteiger partial charge in [-0.15, -0.1) is 0 Å². The Hall–Kier alpha value is -2.82. The fourth-order valence-corrected chi connectivity index (χ4v) is 1.99. The first kappa shape index (κ1) is 14.6. The molecule has 0 aliphatic carbocycles. The number of carboxylic acid groups (broad SMARTS) is 1. The lowest BCUT2D eigenvalue weighted by molar-refractivity contribution is 0.0526. The molecule has 0 unspecified atom stereocenters. The molecule has 0 aliphatic heterocycles. The largest absolute Gasteiger partial charge is 0.511 e. The summed E-state index contributed by atoms with van der Waals surface area (Å²) in [6.07, 6.45) is -1.44. The maximum Gasteiger partial charge on any atom is 0.511 e. The first-order chi connectivity index (χ1) is 10.1. The molecule has 0 spiro atoms. The molecule has 0 radical (unpaired) electrons. The van der Waals surface area contributed by atoms with E-state index in [0.717, 1.165) is 0 Å². The summed E-state index contributed by atoms with van der Waals surface area (Å²) in [5.74, 6) is -0.425. The van der Waals surface area contributed by atoms with Crippen molar-refractivity contribution in [3.63, 3.8) is 0 Å². The quantitative estimate of drug-likeness (QED) is 0.687. The Morgan fingerprint density at radius 1 is 1.05 bits per heavy atom. The summed E-state index contributed by atoms with van der Waals surface area (Å²) >= 11 is 0. The van der Waals surface area contributed by atoms with E-state index in [4.69, 9.17) is 14.6 Å². The van der Waals surface area contributed by atoms with Crippen molar-refractivity contribution in [1.82, 2.24) is 0 Å². The topological polar surface area (TPSA) is 72.8 Å². The van der Waals surface area contributed by atoms with Crippen molar-refractivity contribution in [3.8, 4) is 16.9 Å². The van der Waals surface area contributed by atoms with Gasteiger partial charge >= 0.3 is 12.1 Å². The summed E-state index contributed by atoms with van der Waals surface area (Å²) in [6.45, 7) is 1.94. The van der Waals surface area contributed by atoms with E-state index in [-0.39, 0.29) is 17.9 Å². The second-order valence-corrected chi connectivity index (χ2v) is 4.13. The molecular weight excluding hydrogens is 272 g/mol. The fraction of sp³-hybridized carbons (Fsp3) is 0.125. The average Bonchev–Trinajstić information content (AvgIpc) is 2.47. The van der Waals surface area contributed by atoms with Gasteiger partial charge in [0.1, 0.15) is 5.75 Å². The molecule has 0 aromatic heterocycles. The van der Waals surface area contributed by atoms with Crippen LogP contribution < -0.4 is 4.74 Å². The number of ether oxygens (including phenoxy) is 2. The third kappa shape index (κ3) is 3.39. The maximum atomic E-state index is 12.1. The van der Waals surface area contributed by atoms with E-state index in [9.17, 15) is 9.59 Å². The van der Waals surface area contributed by atoms with E-state index in [1.165, 1.54) is 6.07 Å². The summed E-state index contributed by atoms with van der Waals surface area (Å²) in [7, 11) is 0. The molecule has 0 fully saturated rings. The maximum absolute atomic E-state index is 12.1. The first-order valence-electron chi connectivity index (χ1n) is 6.39. The van der Waals surface area contributed by atoms with E-state index < -0.39 is 12.1 Å². The zero-order chi connectivity index (χ0) is 15.2. The number of esters is 1. The Labute approximate surface area is 121 Å². The summed E-state index contributed by atoms with van der Waals surface area (Å²) in [5, 5.41) is 8.83. The third-order valence-corrected chi connectivity index (χ3v) is 2.78. The number of benzene rings is 2. The molecule has 0 atom stereocenters. The minimum Gasteiger partial charge on any atom is -0.462 e. The molecular formula is C16H14O5. The summed E-state index contributed by atoms with van der Waals surface area (Å²) < 4.78 is 9.79. The molecule has 21 heavy (non-hydrogen) atoms. The lowest BCUT2D eigenvalue weighted by Crippen LogP contribution is -2.10. The molecule has 2 rings (SSSR count). The Balaban J connectivity index is 2.60. The van der Waals surface area contributed by atoms with Gasteiger partial charge in [0.2, 0.25) is 0 Å². The molecule has 0 heterocycles. The predicted molar refractivity (Wildman–Crippen MR) is 76.5 cm³/mol. The number of carbonyl (C=O) groups is 2. The lowest BCUT2D eigenvalue weighted by Gasteiger charge is -2.13. The molecule has 108 valence electrons. The Kier molecular flexibility index (Phi) is 4.56. The van der Waals surface area contributed by atoms with Crippen molar-refractivity contribution in [1.29, 1.82) is 0 Å². The van der Waals surface area contributed by atoms with Crippen LogP contribution in [0.2, 0.25) is 0 Å². The van der Waals surface area contributed by atoms with Crippen LogP contribution >= 0.6 is 0 Å². The van der Waals surface area contributed by atoms with Crippen LogP contribution in [0.5, 0.6) is 5.75 Å². The van der Waals surface area contributed by atoms with Crippen LogP contribution in [-0.4, -0.2) is 23.8 Å². The SMILES string of the molecule is CCOC(=O)c1cccc(OC(=O)O)c1-c1ccccc1. The van der Waals surface area contributed by atoms with Crippen molar-refractivity contribution in [2.45, 2.75) is 6.92 Å². The monoisotopic (exact) mass is 286 g/mol. The molecule has 0 saturated heterocycles. The van der Waals surface area contributed by atoms with Crippen LogP contribution in [0.15, 0.2) is 48.5 Å². The van der Waals surface area contributed by atoms with Gasteiger partial charge in [-0.25, -0.2) is 9.59 Å². The minimum atomic E-state index is -1.44. The zero-order valence-electron chi connectivity index (χ0n) is 11.4. The normalized spacial score (nSPS) is 9.95. The Morgan fingerprint density at radius 2 is 1.76 bits per heavy atom. The van der Waals surface area contributed by atoms with Crippen LogP contribution in [0, 0.1) is 0 Å². The molecule has 0 bridgehead atoms. The summed E-state index contributed by atoms with van der Waals surface area (Å²) in [5.41, 5.74) is 1.35. The molecule has 0 saturated carbocycles. The smallest absolute Gasteiger partial charge is 0.462 e. The molecule has 5 heteroatoms.